The number of phenols is 1. The average Bonchev–Trinajstić information content (AvgIpc) is 3.07. The Balaban J connectivity index is 0.00000500. The van der Waals surface area contributed by atoms with Gasteiger partial charge in [0.05, 0.1) is 6.42 Å². The molecule has 47 heavy (non-hydrogen) atoms. The van der Waals surface area contributed by atoms with Gasteiger partial charge in [-0.05, 0) is 90.5 Å². The van der Waals surface area contributed by atoms with Crippen molar-refractivity contribution in [2.24, 2.45) is 0 Å². The van der Waals surface area contributed by atoms with Crippen LogP contribution in [-0.4, -0.2) is 45.0 Å². The predicted octanol–water partition coefficient (Wildman–Crippen LogP) is 7.32. The largest absolute Gasteiger partial charge is 0.508 e. The van der Waals surface area contributed by atoms with Gasteiger partial charge in [0, 0.05) is 79.3 Å². The Morgan fingerprint density at radius 3 is 1.51 bits per heavy atom. The number of anilines is 6. The molecule has 0 aromatic heterocycles. The number of benzene rings is 5. The summed E-state index contributed by atoms with van der Waals surface area (Å²) in [6.45, 7) is 1.24. The van der Waals surface area contributed by atoms with Crippen LogP contribution >= 0.6 is 0 Å². The number of hydrogen-bond acceptors (Lipinski definition) is 8. The first kappa shape index (κ1) is 35.4. The van der Waals surface area contributed by atoms with Gasteiger partial charge in [0.15, 0.2) is 0 Å². The third kappa shape index (κ3) is 11.4. The van der Waals surface area contributed by atoms with Crippen molar-refractivity contribution in [2.75, 3.05) is 54.3 Å². The number of carbonyl (C=O) groups excluding carboxylic acids is 1. The fourth-order valence-electron chi connectivity index (χ4n) is 4.94. The summed E-state index contributed by atoms with van der Waals surface area (Å²) in [5.74, 6) is -0.183. The topological polar surface area (TPSA) is 89.1 Å². The van der Waals surface area contributed by atoms with E-state index in [-0.39, 0.29) is 56.0 Å². The Morgan fingerprint density at radius 1 is 0.638 bits per heavy atom. The van der Waals surface area contributed by atoms with E-state index in [0.29, 0.717) is 13.1 Å². The Kier molecular flexibility index (Phi) is 13.6. The molecule has 5 aromatic carbocycles. The van der Waals surface area contributed by atoms with Gasteiger partial charge in [-0.25, -0.2) is 6.04 Å². The third-order valence-corrected chi connectivity index (χ3v) is 7.44. The first-order chi connectivity index (χ1) is 22.4. The molecule has 0 heterocycles. The second-order valence-corrected chi connectivity index (χ2v) is 11.1. The molecule has 0 bridgehead atoms. The minimum Gasteiger partial charge on any atom is -0.508 e. The van der Waals surface area contributed by atoms with Crippen molar-refractivity contribution in [1.82, 2.24) is 5.32 Å². The number of esters is 1. The summed E-state index contributed by atoms with van der Waals surface area (Å²) < 4.78 is 5.54. The van der Waals surface area contributed by atoms with Crippen molar-refractivity contribution >= 4 is 40.1 Å². The van der Waals surface area contributed by atoms with E-state index in [1.165, 1.54) is 0 Å². The normalized spacial score (nSPS) is 10.5. The minimum absolute atomic E-state index is 0. The van der Waals surface area contributed by atoms with E-state index in [4.69, 9.17) is 4.74 Å². The minimum atomic E-state index is -0.345. The molecule has 0 unspecified atom stereocenters. The van der Waals surface area contributed by atoms with Crippen LogP contribution in [0.5, 0.6) is 5.75 Å². The molecule has 0 aliphatic heterocycles. The van der Waals surface area contributed by atoms with Crippen molar-refractivity contribution in [3.05, 3.63) is 145 Å². The summed E-state index contributed by atoms with van der Waals surface area (Å²) in [5.41, 5.74) is 6.99. The van der Waals surface area contributed by atoms with E-state index in [1.807, 2.05) is 74.8 Å². The molecule has 0 radical (unpaired) electrons. The summed E-state index contributed by atoms with van der Waals surface area (Å²) in [6.07, 6.45) is 0.129. The average molecular weight is 853 g/mol. The van der Waals surface area contributed by atoms with Crippen LogP contribution in [0.3, 0.4) is 0 Å². The SMILES string of the molecule is CN(C[C-](CN(C)c1ccc(Nc2ccccc2)cc1)NCOC(=O)Cc1ccc(O)cc1)c1ccc(Nc2ccccc2)cc1.[U]. The summed E-state index contributed by atoms with van der Waals surface area (Å²) in [7, 11) is 4.09. The molecule has 240 valence electrons. The van der Waals surface area contributed by atoms with E-state index in [9.17, 15) is 9.90 Å². The summed E-state index contributed by atoms with van der Waals surface area (Å²) >= 11 is 0. The van der Waals surface area contributed by atoms with Gasteiger partial charge in [0.25, 0.3) is 0 Å². The smallest absolute Gasteiger partial charge is 0.311 e. The Hall–Kier alpha value is -4.42. The Labute approximate surface area is 301 Å². The number of rotatable bonds is 15. The second-order valence-electron chi connectivity index (χ2n) is 11.1. The standard InChI is InChI=1S/C38H40N5O3.U/c1-42(35-19-15-32(16-20-35)40-30-9-5-3-6-10-30)26-34(39-28-46-38(45)25-29-13-23-37(44)24-14-29)27-43(2)36-21-17-33(18-22-36)41-31-11-7-4-8-12-31;/h3-24,39-41,44H,25-28H2,1-2H3;/q-1;. The molecule has 8 nitrogen and oxygen atoms in total. The number of hydrogen-bond donors (Lipinski definition) is 4. The molecule has 9 heteroatoms. The van der Waals surface area contributed by atoms with Crippen LogP contribution < -0.4 is 25.8 Å². The molecule has 0 saturated heterocycles. The number of phenolic OH excluding ortho intramolecular Hbond substituents is 1. The fourth-order valence-corrected chi connectivity index (χ4v) is 4.94. The molecule has 0 amide bonds. The van der Waals surface area contributed by atoms with Crippen LogP contribution in [0.1, 0.15) is 5.56 Å². The van der Waals surface area contributed by atoms with E-state index >= 15 is 0 Å². The fraction of sp³-hybridized carbons (Fsp3) is 0.158. The first-order valence-corrected chi connectivity index (χ1v) is 15.2. The molecule has 0 aliphatic rings. The molecule has 0 fully saturated rings. The maximum absolute atomic E-state index is 12.5. The molecule has 0 aliphatic carbocycles. The first-order valence-electron chi connectivity index (χ1n) is 15.2. The number of aromatic hydroxyl groups is 1. The van der Waals surface area contributed by atoms with Gasteiger partial charge in [-0.15, -0.1) is 0 Å². The van der Waals surface area contributed by atoms with E-state index in [0.717, 1.165) is 45.7 Å². The zero-order valence-electron chi connectivity index (χ0n) is 26.7. The molecular weight excluding hydrogens is 812 g/mol. The Bertz CT molecular complexity index is 1550. The zero-order chi connectivity index (χ0) is 32.1. The number of likely N-dealkylation sites (N-methyl/N-ethyl adjacent to an activating group) is 2. The quantitative estimate of drug-likeness (QED) is 0.0496. The van der Waals surface area contributed by atoms with Crippen molar-refractivity contribution < 1.29 is 45.8 Å². The van der Waals surface area contributed by atoms with Gasteiger partial charge in [0.1, 0.15) is 12.5 Å². The number of nitrogens with zero attached hydrogens (tertiary/aromatic N) is 2. The van der Waals surface area contributed by atoms with Gasteiger partial charge in [-0.2, -0.15) is 0 Å². The maximum atomic E-state index is 12.5. The van der Waals surface area contributed by atoms with Crippen molar-refractivity contribution in [1.29, 1.82) is 0 Å². The van der Waals surface area contributed by atoms with Gasteiger partial charge in [0.2, 0.25) is 0 Å². The van der Waals surface area contributed by atoms with E-state index in [1.54, 1.807) is 24.3 Å². The van der Waals surface area contributed by atoms with Crippen LogP contribution in [0.4, 0.5) is 34.1 Å². The zero-order valence-corrected chi connectivity index (χ0v) is 30.9. The summed E-state index contributed by atoms with van der Waals surface area (Å²) in [4.78, 5) is 16.8. The molecular formula is C38H40N5O3U-. The monoisotopic (exact) mass is 852 g/mol. The third-order valence-electron chi connectivity index (χ3n) is 7.44. The molecule has 5 aromatic rings. The molecule has 0 spiro atoms. The van der Waals surface area contributed by atoms with Crippen molar-refractivity contribution in [3.8, 4) is 5.75 Å². The number of nitrogens with one attached hydrogen (secondary N) is 3. The van der Waals surface area contributed by atoms with Crippen molar-refractivity contribution in [2.45, 2.75) is 6.42 Å². The Morgan fingerprint density at radius 2 is 1.06 bits per heavy atom. The maximum Gasteiger partial charge on any atom is 0.311 e. The van der Waals surface area contributed by atoms with Gasteiger partial charge >= 0.3 is 5.97 Å². The second kappa shape index (κ2) is 18.1. The van der Waals surface area contributed by atoms with E-state index in [2.05, 4.69) is 74.3 Å². The summed E-state index contributed by atoms with van der Waals surface area (Å²) in [6, 6.07) is 44.3. The molecule has 0 atom stereocenters. The predicted molar refractivity (Wildman–Crippen MR) is 188 cm³/mol. The van der Waals surface area contributed by atoms with Crippen LogP contribution in [0.2, 0.25) is 0 Å². The number of ether oxygens (including phenoxy) is 1. The van der Waals surface area contributed by atoms with Gasteiger partial charge in [-0.3, -0.25) is 4.79 Å². The van der Waals surface area contributed by atoms with Gasteiger partial charge < -0.3 is 35.6 Å². The molecule has 5 rings (SSSR count). The van der Waals surface area contributed by atoms with E-state index < -0.39 is 0 Å². The van der Waals surface area contributed by atoms with Crippen molar-refractivity contribution in [3.63, 3.8) is 0 Å². The number of carbonyl (C=O) groups is 1. The molecule has 0 saturated carbocycles. The van der Waals surface area contributed by atoms with Crippen LogP contribution in [-0.2, 0) is 16.0 Å². The molecule has 4 N–H and O–H groups in total. The van der Waals surface area contributed by atoms with Crippen LogP contribution in [0.25, 0.3) is 0 Å². The van der Waals surface area contributed by atoms with Crippen LogP contribution in [0.15, 0.2) is 133 Å². The van der Waals surface area contributed by atoms with Crippen LogP contribution in [0, 0.1) is 37.2 Å². The van der Waals surface area contributed by atoms with Gasteiger partial charge in [-0.1, -0.05) is 61.6 Å². The summed E-state index contributed by atoms with van der Waals surface area (Å²) in [5, 5.41) is 19.7. The number of para-hydroxylation sites is 2.